The number of hydrogen-bond acceptors (Lipinski definition) is 15. The number of phosphoric ester groups is 2. The lowest BCUT2D eigenvalue weighted by Gasteiger charge is -2.21. The molecule has 3 N–H and O–H groups in total. The summed E-state index contributed by atoms with van der Waals surface area (Å²) < 4.78 is 67.7. The van der Waals surface area contributed by atoms with Gasteiger partial charge in [-0.1, -0.05) is 241 Å². The second-order valence-electron chi connectivity index (χ2n) is 23.0. The molecule has 19 heteroatoms. The molecule has 0 amide bonds. The molecule has 0 aliphatic heterocycles. The van der Waals surface area contributed by atoms with Crippen LogP contribution in [0.15, 0.2) is 0 Å². The number of ether oxygens (including phenoxy) is 4. The number of phosphoric acid groups is 2. The van der Waals surface area contributed by atoms with E-state index in [1.165, 1.54) is 89.9 Å². The fourth-order valence-corrected chi connectivity index (χ4v) is 10.5. The number of esters is 4. The number of unbranched alkanes of at least 4 members (excludes halogenated alkanes) is 25. The molecule has 474 valence electrons. The lowest BCUT2D eigenvalue weighted by atomic mass is 10.00. The summed E-state index contributed by atoms with van der Waals surface area (Å²) in [6.07, 6.45) is 32.5. The molecule has 4 unspecified atom stereocenters. The van der Waals surface area contributed by atoms with Crippen LogP contribution in [0.2, 0.25) is 0 Å². The van der Waals surface area contributed by atoms with E-state index in [-0.39, 0.29) is 25.7 Å². The molecule has 0 aromatic carbocycles. The highest BCUT2D eigenvalue weighted by molar-refractivity contribution is 7.47. The van der Waals surface area contributed by atoms with Gasteiger partial charge in [0.2, 0.25) is 0 Å². The molecular formula is C61H118O17P2. The van der Waals surface area contributed by atoms with Gasteiger partial charge in [-0.25, -0.2) is 9.13 Å². The Morgan fingerprint density at radius 2 is 0.637 bits per heavy atom. The first-order valence-corrected chi connectivity index (χ1v) is 34.9. The second kappa shape index (κ2) is 52.6. The quantitative estimate of drug-likeness (QED) is 0.0222. The Balaban J connectivity index is 5.19. The third-order valence-electron chi connectivity index (χ3n) is 14.6. The Kier molecular flexibility index (Phi) is 51.3. The summed E-state index contributed by atoms with van der Waals surface area (Å²) >= 11 is 0. The van der Waals surface area contributed by atoms with Gasteiger partial charge in [0.1, 0.15) is 19.3 Å². The van der Waals surface area contributed by atoms with E-state index in [0.717, 1.165) is 120 Å². The fraction of sp³-hybridized carbons (Fsp3) is 0.934. The van der Waals surface area contributed by atoms with Crippen LogP contribution in [0.5, 0.6) is 0 Å². The maximum Gasteiger partial charge on any atom is 0.472 e. The minimum Gasteiger partial charge on any atom is -0.462 e. The van der Waals surface area contributed by atoms with Gasteiger partial charge in [0, 0.05) is 25.7 Å². The average Bonchev–Trinajstić information content (AvgIpc) is 3.42. The van der Waals surface area contributed by atoms with Crippen LogP contribution in [0.25, 0.3) is 0 Å². The maximum atomic E-state index is 12.9. The number of hydrogen-bond donors (Lipinski definition) is 3. The number of aliphatic hydroxyl groups is 1. The molecule has 0 rings (SSSR count). The number of carbonyl (C=O) groups excluding carboxylic acids is 4. The van der Waals surface area contributed by atoms with Gasteiger partial charge in [-0.15, -0.1) is 0 Å². The highest BCUT2D eigenvalue weighted by Gasteiger charge is 2.30. The molecule has 0 radical (unpaired) electrons. The van der Waals surface area contributed by atoms with Crippen molar-refractivity contribution in [1.29, 1.82) is 0 Å². The van der Waals surface area contributed by atoms with Gasteiger partial charge in [-0.05, 0) is 43.4 Å². The Bertz CT molecular complexity index is 1600. The normalized spacial score (nSPS) is 15.1. The molecule has 0 aliphatic rings. The van der Waals surface area contributed by atoms with E-state index in [1.54, 1.807) is 0 Å². The minimum atomic E-state index is -4.94. The van der Waals surface area contributed by atoms with Crippen molar-refractivity contribution in [2.45, 2.75) is 311 Å². The third-order valence-corrected chi connectivity index (χ3v) is 16.5. The predicted molar refractivity (Wildman–Crippen MR) is 317 cm³/mol. The molecule has 80 heavy (non-hydrogen) atoms. The van der Waals surface area contributed by atoms with Crippen LogP contribution >= 0.6 is 15.6 Å². The first-order valence-electron chi connectivity index (χ1n) is 31.9. The molecule has 0 saturated heterocycles. The SMILES string of the molecule is CCCCCCCC(=O)OC[C@H](COP(=O)(O)OC[C@H](O)COP(=O)(O)OC[C@@H](COC(=O)CCCCCCCCC(C)CC)OC(=O)CCCCCCCCCCCCCCC(C)C)OC(=O)CCCCCCCCC(C)CC. The summed E-state index contributed by atoms with van der Waals surface area (Å²) in [7, 11) is -9.87. The first kappa shape index (κ1) is 78.1. The fourth-order valence-electron chi connectivity index (χ4n) is 8.89. The van der Waals surface area contributed by atoms with Crippen LogP contribution in [0, 0.1) is 17.8 Å². The summed E-state index contributed by atoms with van der Waals surface area (Å²) in [5.74, 6) is 0.0745. The van der Waals surface area contributed by atoms with E-state index in [4.69, 9.17) is 37.0 Å². The standard InChI is InChI=1S/C61H118O17P2/c1-8-11-12-25-35-42-58(63)71-48-56(78-61(66)45-38-31-24-22-28-34-41-54(7)10-3)50-75-79(67,68)73-46-55(62)47-74-80(69,70)76-51-57(49-72-59(64)43-36-29-23-21-27-33-40-53(6)9-2)77-60(65)44-37-30-20-18-16-14-13-15-17-19-26-32-39-52(4)5/h52-57,62H,8-51H2,1-7H3,(H,67,68)(H,69,70)/t53?,54?,55-,56+,57+/m0/s1. The highest BCUT2D eigenvalue weighted by Crippen LogP contribution is 2.45. The average molecular weight is 1190 g/mol. The maximum absolute atomic E-state index is 12.9. The monoisotopic (exact) mass is 1180 g/mol. The van der Waals surface area contributed by atoms with E-state index in [0.29, 0.717) is 25.7 Å². The van der Waals surface area contributed by atoms with Crippen LogP contribution in [0.1, 0.15) is 292 Å². The van der Waals surface area contributed by atoms with E-state index in [2.05, 4.69) is 48.5 Å². The van der Waals surface area contributed by atoms with Gasteiger partial charge >= 0.3 is 39.5 Å². The molecule has 0 aromatic rings. The Morgan fingerprint density at radius 1 is 0.362 bits per heavy atom. The van der Waals surface area contributed by atoms with Crippen molar-refractivity contribution in [3.05, 3.63) is 0 Å². The Labute approximate surface area is 486 Å². The van der Waals surface area contributed by atoms with Gasteiger partial charge < -0.3 is 33.8 Å². The summed E-state index contributed by atoms with van der Waals surface area (Å²) in [4.78, 5) is 71.8. The van der Waals surface area contributed by atoms with Crippen LogP contribution in [0.3, 0.4) is 0 Å². The molecule has 0 aromatic heterocycles. The molecule has 7 atom stereocenters. The summed E-state index contributed by atoms with van der Waals surface area (Å²) in [6, 6.07) is 0. The first-order chi connectivity index (χ1) is 38.3. The topological polar surface area (TPSA) is 237 Å². The minimum absolute atomic E-state index is 0.101. The van der Waals surface area contributed by atoms with Crippen molar-refractivity contribution in [1.82, 2.24) is 0 Å². The van der Waals surface area contributed by atoms with Crippen molar-refractivity contribution in [3.8, 4) is 0 Å². The van der Waals surface area contributed by atoms with Crippen molar-refractivity contribution in [2.75, 3.05) is 39.6 Å². The van der Waals surface area contributed by atoms with Crippen molar-refractivity contribution in [2.24, 2.45) is 17.8 Å². The molecular weight excluding hydrogens is 1070 g/mol. The van der Waals surface area contributed by atoms with Gasteiger partial charge in [0.05, 0.1) is 26.4 Å². The third kappa shape index (κ3) is 52.8. The van der Waals surface area contributed by atoms with Crippen LogP contribution in [0.4, 0.5) is 0 Å². The number of carbonyl (C=O) groups is 4. The van der Waals surface area contributed by atoms with E-state index < -0.39 is 97.5 Å². The lowest BCUT2D eigenvalue weighted by molar-refractivity contribution is -0.161. The predicted octanol–water partition coefficient (Wildman–Crippen LogP) is 16.3. The molecule has 0 fully saturated rings. The number of rotatable bonds is 59. The van der Waals surface area contributed by atoms with E-state index >= 15 is 0 Å². The van der Waals surface area contributed by atoms with Gasteiger partial charge in [-0.3, -0.25) is 37.3 Å². The zero-order chi connectivity index (χ0) is 59.5. The lowest BCUT2D eigenvalue weighted by Crippen LogP contribution is -2.30. The van der Waals surface area contributed by atoms with Gasteiger partial charge in [-0.2, -0.15) is 0 Å². The van der Waals surface area contributed by atoms with Crippen LogP contribution in [-0.2, 0) is 65.4 Å². The smallest absolute Gasteiger partial charge is 0.462 e. The van der Waals surface area contributed by atoms with Crippen LogP contribution in [-0.4, -0.2) is 96.7 Å². The molecule has 0 spiro atoms. The zero-order valence-corrected chi connectivity index (χ0v) is 53.3. The second-order valence-corrected chi connectivity index (χ2v) is 26.0. The molecule has 17 nitrogen and oxygen atoms in total. The molecule has 0 saturated carbocycles. The summed E-state index contributed by atoms with van der Waals surface area (Å²) in [6.45, 7) is 11.6. The van der Waals surface area contributed by atoms with Crippen LogP contribution < -0.4 is 0 Å². The van der Waals surface area contributed by atoms with E-state index in [1.807, 2.05) is 0 Å². The van der Waals surface area contributed by atoms with Gasteiger partial charge in [0.15, 0.2) is 12.2 Å². The zero-order valence-electron chi connectivity index (χ0n) is 51.5. The highest BCUT2D eigenvalue weighted by atomic mass is 31.2. The summed E-state index contributed by atoms with van der Waals surface area (Å²) in [5.41, 5.74) is 0. The van der Waals surface area contributed by atoms with Crippen molar-refractivity contribution in [3.63, 3.8) is 0 Å². The number of aliphatic hydroxyl groups excluding tert-OH is 1. The molecule has 0 heterocycles. The van der Waals surface area contributed by atoms with Gasteiger partial charge in [0.25, 0.3) is 0 Å². The molecule has 0 aliphatic carbocycles. The van der Waals surface area contributed by atoms with Crippen molar-refractivity contribution < 1.29 is 80.2 Å². The summed E-state index contributed by atoms with van der Waals surface area (Å²) in [5, 5.41) is 10.5. The largest absolute Gasteiger partial charge is 0.472 e. The Morgan fingerprint density at radius 3 is 0.950 bits per heavy atom. The van der Waals surface area contributed by atoms with Crippen molar-refractivity contribution >= 4 is 39.5 Å². The Hall–Kier alpha value is -1.94. The van der Waals surface area contributed by atoms with E-state index in [9.17, 15) is 43.2 Å². The molecule has 0 bridgehead atoms.